The Bertz CT molecular complexity index is 3590. The predicted molar refractivity (Wildman–Crippen MR) is 399 cm³/mol. The van der Waals surface area contributed by atoms with Crippen molar-refractivity contribution < 1.29 is 125 Å². The highest BCUT2D eigenvalue weighted by molar-refractivity contribution is 6.00. The van der Waals surface area contributed by atoms with Gasteiger partial charge in [0.25, 0.3) is 0 Å². The third kappa shape index (κ3) is 35.8. The number of carbonyl (C=O) groups is 15. The minimum atomic E-state index is -5.08. The van der Waals surface area contributed by atoms with E-state index in [-0.39, 0.29) is 76.2 Å². The number of hydrogen-bond donors (Lipinski definition) is 20. The van der Waals surface area contributed by atoms with Gasteiger partial charge < -0.3 is 121 Å². The highest BCUT2D eigenvalue weighted by Gasteiger charge is 2.45. The molecule has 42 heteroatoms. The number of halogens is 3. The molecule has 1 aliphatic heterocycles. The van der Waals surface area contributed by atoms with Crippen molar-refractivity contribution in [2.45, 2.75) is 231 Å². The molecule has 13 amide bonds. The van der Waals surface area contributed by atoms with Crippen LogP contribution in [-0.4, -0.2) is 237 Å². The van der Waals surface area contributed by atoms with Crippen LogP contribution in [0, 0.1) is 23.7 Å². The van der Waals surface area contributed by atoms with Gasteiger partial charge in [-0.25, -0.2) is 19.2 Å². The van der Waals surface area contributed by atoms with E-state index in [0.717, 1.165) is 6.92 Å². The van der Waals surface area contributed by atoms with Gasteiger partial charge in [0.1, 0.15) is 66.6 Å². The molecule has 0 spiro atoms. The number of primary amides is 1. The van der Waals surface area contributed by atoms with Crippen LogP contribution in [0.3, 0.4) is 0 Å². The van der Waals surface area contributed by atoms with Gasteiger partial charge in [-0.2, -0.15) is 13.2 Å². The van der Waals surface area contributed by atoms with Crippen molar-refractivity contribution in [2.75, 3.05) is 26.2 Å². The number of guanidine groups is 1. The Morgan fingerprint density at radius 1 is 0.640 bits per heavy atom. The molecule has 23 N–H and O–H groups in total. The van der Waals surface area contributed by atoms with E-state index in [9.17, 15) is 86.3 Å². The van der Waals surface area contributed by atoms with E-state index in [4.69, 9.17) is 41.3 Å². The number of aliphatic imine (C=N–C) groups is 1. The Hall–Kier alpha value is -11.0. The Balaban J connectivity index is 0.00000599. The van der Waals surface area contributed by atoms with Crippen LogP contribution in [-0.2, 0) is 83.1 Å². The maximum atomic E-state index is 15.7. The van der Waals surface area contributed by atoms with Gasteiger partial charge in [0.05, 0.1) is 25.4 Å². The zero-order valence-electron chi connectivity index (χ0n) is 65.5. The molecule has 638 valence electrons. The van der Waals surface area contributed by atoms with Crippen molar-refractivity contribution in [3.8, 4) is 0 Å². The molecule has 0 bridgehead atoms. The topological polar surface area (TPSA) is 620 Å². The lowest BCUT2D eigenvalue weighted by Gasteiger charge is -2.34. The fourth-order valence-electron chi connectivity index (χ4n) is 10.6. The van der Waals surface area contributed by atoms with Gasteiger partial charge in [-0.1, -0.05) is 122 Å². The molecule has 114 heavy (non-hydrogen) atoms. The maximum Gasteiger partial charge on any atom is 0.490 e. The molecule has 2 aromatic rings. The highest BCUT2D eigenvalue weighted by atomic mass is 19.4. The van der Waals surface area contributed by atoms with Gasteiger partial charge in [-0.3, -0.25) is 57.7 Å². The van der Waals surface area contributed by atoms with E-state index in [1.54, 1.807) is 92.6 Å². The van der Waals surface area contributed by atoms with Crippen molar-refractivity contribution in [1.82, 2.24) is 63.8 Å². The molecule has 2 aromatic carbocycles. The fourth-order valence-corrected chi connectivity index (χ4v) is 10.6. The number of aliphatic carboxylic acids is 1. The maximum absolute atomic E-state index is 15.7. The van der Waals surface area contributed by atoms with Gasteiger partial charge in [-0.05, 0) is 101 Å². The first kappa shape index (κ1) is 99.1. The first-order valence-electron chi connectivity index (χ1n) is 36.6. The van der Waals surface area contributed by atoms with Gasteiger partial charge in [0.15, 0.2) is 24.2 Å². The molecule has 39 nitrogen and oxygen atoms in total. The largest absolute Gasteiger partial charge is 0.490 e. The number of aliphatic hydroxyl groups excluding tert-OH is 4. The second-order valence-electron chi connectivity index (χ2n) is 29.0. The molecule has 1 saturated heterocycles. The lowest BCUT2D eigenvalue weighted by atomic mass is 9.95. The van der Waals surface area contributed by atoms with Crippen LogP contribution in [0.15, 0.2) is 65.7 Å². The lowest BCUT2D eigenvalue weighted by molar-refractivity contribution is -0.192. The van der Waals surface area contributed by atoms with E-state index in [2.05, 4.69) is 58.2 Å². The predicted octanol–water partition coefficient (Wildman–Crippen LogP) is -2.57. The Morgan fingerprint density at radius 2 is 1.18 bits per heavy atom. The van der Waals surface area contributed by atoms with Crippen LogP contribution < -0.4 is 81.0 Å². The molecule has 0 saturated carbocycles. The van der Waals surface area contributed by atoms with Gasteiger partial charge >= 0.3 is 30.3 Å². The SMILES string of the molecule is CC[C@H](C)C1NC(=O)[C@@H](CCCN=C(N)N)NC(=O)[C@H](CC(C)C)NC(=O)[C@H]([C@H](O)C(C)C)NC(=O)[C@@H](NC(=O)[C@H](CC(C)C)NC(=O)[C@@H](CCCNC(=O)OCc2ccccc2)NC(=O)OC(C)(C)C)[C@@H](c2ccccc2)OC(=O)[C@H](CO)NC(=O)[C@H]([C@H](O)C(N)=O)NC(=O)CNC(=O)C([C@H](C)O)NC1=O.O=C(O)C(F)(F)F. The van der Waals surface area contributed by atoms with Crippen molar-refractivity contribution in [3.05, 3.63) is 71.8 Å². The van der Waals surface area contributed by atoms with Crippen molar-refractivity contribution >= 4 is 95.1 Å². The number of benzene rings is 2. The summed E-state index contributed by atoms with van der Waals surface area (Å²) in [6.07, 6.45) is -15.9. The van der Waals surface area contributed by atoms with Crippen molar-refractivity contribution in [3.63, 3.8) is 0 Å². The minimum Gasteiger partial charge on any atom is -0.475 e. The standard InChI is InChI=1S/C70H110N16O21.C2HF3O2/c1-13-38(8)48-62(98)84-49(39(9)88)61(97)76-32-47(89)82-51(54(91)56(71)92)64(100)80-46(33-87)66(102)106-55(41-24-18-15-19-25-41)52(65(101)85-50(53(90)37(6)7)63(99)79-44(30-35(2)3)59(95)77-42(58(94)83-48)26-20-28-74-67(72)73)86-60(96)45(31-36(4)5)78-57(93)43(81-69(104)107-70(10,11)12)27-21-29-75-68(103)105-34-40-22-16-14-17-23-40;3-2(4,5)1(6)7/h14-19,22-25,35-39,42-46,48-55,87-88,90-91H,13,20-21,26-34H2,1-12H3,(H2,71,92)(H,75,103)(H,76,97)(H,77,95)(H,78,93)(H,79,99)(H,80,100)(H,81,104)(H,82,89)(H,83,94)(H,84,98)(H,85,101)(H,86,96)(H4,72,73,74);(H,6,7)/t38-,39-,42+,43+,44-,45-,46-,48?,49?,50-,51-,52-,53+,54-,55+;/m0./s1. The number of aliphatic hydroxyl groups is 4. The molecule has 0 aliphatic carbocycles. The minimum absolute atomic E-state index is 0.0140. The lowest BCUT2D eigenvalue weighted by Crippen LogP contribution is -2.64. The molecule has 1 heterocycles. The van der Waals surface area contributed by atoms with Gasteiger partial charge in [0.2, 0.25) is 65.0 Å². The van der Waals surface area contributed by atoms with Crippen molar-refractivity contribution in [2.24, 2.45) is 45.9 Å². The normalized spacial score (nSPS) is 21.8. The van der Waals surface area contributed by atoms with Gasteiger partial charge in [-0.15, -0.1) is 0 Å². The first-order chi connectivity index (χ1) is 53.1. The molecule has 1 aliphatic rings. The number of amides is 13. The fraction of sp³-hybridized carbons (Fsp3) is 0.611. The number of nitrogens with one attached hydrogen (secondary N) is 12. The number of carboxylic acid groups (broad SMARTS) is 1. The summed E-state index contributed by atoms with van der Waals surface area (Å²) in [6, 6.07) is -3.28. The van der Waals surface area contributed by atoms with E-state index in [1.165, 1.54) is 44.2 Å². The number of esters is 1. The van der Waals surface area contributed by atoms with Crippen LogP contribution in [0.1, 0.15) is 145 Å². The van der Waals surface area contributed by atoms with Crippen LogP contribution in [0.2, 0.25) is 0 Å². The number of hydrogen-bond acceptors (Lipinski definition) is 23. The van der Waals surface area contributed by atoms with E-state index >= 15 is 14.4 Å². The zero-order valence-corrected chi connectivity index (χ0v) is 65.5. The average molecular weight is 1630 g/mol. The molecule has 0 aromatic heterocycles. The number of rotatable bonds is 28. The first-order valence-corrected chi connectivity index (χ1v) is 36.6. The van der Waals surface area contributed by atoms with Crippen LogP contribution in [0.25, 0.3) is 0 Å². The summed E-state index contributed by atoms with van der Waals surface area (Å²) in [5, 5.41) is 80.7. The number of ether oxygens (including phenoxy) is 3. The molecular weight excluding hydrogens is 1510 g/mol. The Kier molecular flexibility index (Phi) is 41.8. The quantitative estimate of drug-likeness (QED) is 0.0137. The van der Waals surface area contributed by atoms with E-state index in [1.807, 2.05) is 10.6 Å². The highest BCUT2D eigenvalue weighted by Crippen LogP contribution is 2.25. The molecule has 0 radical (unpaired) electrons. The Labute approximate surface area is 656 Å². The van der Waals surface area contributed by atoms with Gasteiger partial charge in [0, 0.05) is 13.1 Å². The van der Waals surface area contributed by atoms with Crippen LogP contribution >= 0.6 is 0 Å². The van der Waals surface area contributed by atoms with Crippen LogP contribution in [0.4, 0.5) is 22.8 Å². The molecule has 1 fully saturated rings. The number of alkyl carbamates (subject to hydrolysis) is 2. The number of carbonyl (C=O) groups excluding carboxylic acids is 14. The number of cyclic esters (lactones) is 1. The second-order valence-corrected chi connectivity index (χ2v) is 29.0. The molecule has 15 atom stereocenters. The van der Waals surface area contributed by atoms with E-state index < -0.39 is 223 Å². The third-order valence-electron chi connectivity index (χ3n) is 16.8. The average Bonchev–Trinajstić information content (AvgIpc) is 0.809. The Morgan fingerprint density at radius 3 is 1.71 bits per heavy atom. The monoisotopic (exact) mass is 1620 g/mol. The van der Waals surface area contributed by atoms with E-state index in [0.29, 0.717) is 5.56 Å². The summed E-state index contributed by atoms with van der Waals surface area (Å²) >= 11 is 0. The summed E-state index contributed by atoms with van der Waals surface area (Å²) < 4.78 is 48.5. The summed E-state index contributed by atoms with van der Waals surface area (Å²) in [7, 11) is 0. The second kappa shape index (κ2) is 48.1. The third-order valence-corrected chi connectivity index (χ3v) is 16.8. The van der Waals surface area contributed by atoms with Crippen LogP contribution in [0.5, 0.6) is 0 Å². The number of carboxylic acids is 1. The summed E-state index contributed by atoms with van der Waals surface area (Å²) in [4.78, 5) is 212. The molecule has 3 rings (SSSR count). The van der Waals surface area contributed by atoms with Crippen molar-refractivity contribution in [1.29, 1.82) is 0 Å². The smallest absolute Gasteiger partial charge is 0.475 e. The summed E-state index contributed by atoms with van der Waals surface area (Å²) in [5.41, 5.74) is 16.0. The number of nitrogens with two attached hydrogens (primary N) is 3. The molecular formula is C72H111F3N16O23. The summed E-state index contributed by atoms with van der Waals surface area (Å²) in [6.45, 7) is 15.9. The number of nitrogens with zero attached hydrogens (tertiary/aromatic N) is 1. The molecule has 2 unspecified atom stereocenters. The number of alkyl halides is 3. The summed E-state index contributed by atoms with van der Waals surface area (Å²) in [5.74, 6) is -21.1. The zero-order chi connectivity index (χ0) is 86.7.